The van der Waals surface area contributed by atoms with Crippen LogP contribution < -0.4 is 10.6 Å². The second-order valence-electron chi connectivity index (χ2n) is 4.64. The zero-order valence-electron chi connectivity index (χ0n) is 12.0. The highest BCUT2D eigenvalue weighted by molar-refractivity contribution is 5.23. The molecule has 0 aliphatic rings. The lowest BCUT2D eigenvalue weighted by Gasteiger charge is -2.30. The Labute approximate surface area is 110 Å². The fourth-order valence-electron chi connectivity index (χ4n) is 1.99. The number of aromatic nitrogens is 2. The average Bonchev–Trinajstić information content (AvgIpc) is 2.84. The normalized spacial score (nSPS) is 11.8. The first-order valence-electron chi connectivity index (χ1n) is 7.01. The Morgan fingerprint density at radius 2 is 1.72 bits per heavy atom. The number of anilines is 1. The van der Waals surface area contributed by atoms with Crippen molar-refractivity contribution in [1.29, 1.82) is 0 Å². The number of rotatable bonds is 9. The summed E-state index contributed by atoms with van der Waals surface area (Å²) < 4.78 is 5.60. The third-order valence-corrected chi connectivity index (χ3v) is 3.57. The Hall–Kier alpha value is -1.10. The summed E-state index contributed by atoms with van der Waals surface area (Å²) in [5.74, 6) is 0.642. The zero-order chi connectivity index (χ0) is 13.4. The van der Waals surface area contributed by atoms with Gasteiger partial charge < -0.3 is 15.1 Å². The van der Waals surface area contributed by atoms with Crippen molar-refractivity contribution < 1.29 is 4.42 Å². The quantitative estimate of drug-likeness (QED) is 0.663. The minimum Gasteiger partial charge on any atom is -0.407 e. The van der Waals surface area contributed by atoms with Gasteiger partial charge in [-0.1, -0.05) is 32.8 Å². The first kappa shape index (κ1) is 15.0. The second kappa shape index (κ2) is 7.36. The van der Waals surface area contributed by atoms with Gasteiger partial charge in [0.05, 0.1) is 6.54 Å². The van der Waals surface area contributed by atoms with Gasteiger partial charge in [0.1, 0.15) is 0 Å². The molecule has 0 fully saturated rings. The maximum absolute atomic E-state index is 5.60. The fourth-order valence-corrected chi connectivity index (χ4v) is 1.99. The van der Waals surface area contributed by atoms with E-state index >= 15 is 0 Å². The van der Waals surface area contributed by atoms with Gasteiger partial charge in [-0.05, 0) is 32.2 Å². The molecular weight excluding hydrogens is 228 g/mol. The van der Waals surface area contributed by atoms with Crippen molar-refractivity contribution in [1.82, 2.24) is 15.5 Å². The van der Waals surface area contributed by atoms with E-state index in [2.05, 4.69) is 48.5 Å². The summed E-state index contributed by atoms with van der Waals surface area (Å²) in [5.41, 5.74) is 0.0701. The van der Waals surface area contributed by atoms with E-state index in [1.165, 1.54) is 0 Å². The van der Waals surface area contributed by atoms with Crippen LogP contribution in [0, 0.1) is 0 Å². The Morgan fingerprint density at radius 3 is 2.28 bits per heavy atom. The molecule has 0 radical (unpaired) electrons. The molecule has 0 atom stereocenters. The second-order valence-corrected chi connectivity index (χ2v) is 4.64. The van der Waals surface area contributed by atoms with Crippen LogP contribution in [0.5, 0.6) is 0 Å². The predicted molar refractivity (Wildman–Crippen MR) is 73.5 cm³/mol. The topological polar surface area (TPSA) is 63.0 Å². The van der Waals surface area contributed by atoms with Gasteiger partial charge >= 0.3 is 6.01 Å². The van der Waals surface area contributed by atoms with Crippen molar-refractivity contribution in [2.45, 2.75) is 65.5 Å². The van der Waals surface area contributed by atoms with Crippen molar-refractivity contribution in [3.8, 4) is 0 Å². The zero-order valence-corrected chi connectivity index (χ0v) is 12.0. The van der Waals surface area contributed by atoms with Crippen molar-refractivity contribution in [3.05, 3.63) is 5.89 Å². The van der Waals surface area contributed by atoms with Gasteiger partial charge in [-0.3, -0.25) is 0 Å². The molecule has 0 bridgehead atoms. The molecule has 1 aromatic heterocycles. The monoisotopic (exact) mass is 254 g/mol. The summed E-state index contributed by atoms with van der Waals surface area (Å²) in [6.45, 7) is 10.3. The summed E-state index contributed by atoms with van der Waals surface area (Å²) in [6, 6.07) is 0.536. The van der Waals surface area contributed by atoms with Crippen LogP contribution in [0.1, 0.15) is 59.3 Å². The SMILES string of the molecule is CCCNCc1nnc(NC(CC)(CC)CC)o1. The van der Waals surface area contributed by atoms with E-state index < -0.39 is 0 Å². The molecule has 1 rings (SSSR count). The molecule has 1 aromatic rings. The maximum atomic E-state index is 5.60. The van der Waals surface area contributed by atoms with Crippen LogP contribution in [0.2, 0.25) is 0 Å². The van der Waals surface area contributed by atoms with Gasteiger partial charge in [0.2, 0.25) is 5.89 Å². The van der Waals surface area contributed by atoms with Crippen LogP contribution in [0.4, 0.5) is 6.01 Å². The highest BCUT2D eigenvalue weighted by Crippen LogP contribution is 2.24. The minimum atomic E-state index is 0.0701. The molecule has 0 saturated heterocycles. The molecule has 0 unspecified atom stereocenters. The Bertz CT molecular complexity index is 325. The molecule has 0 aliphatic heterocycles. The summed E-state index contributed by atoms with van der Waals surface area (Å²) >= 11 is 0. The summed E-state index contributed by atoms with van der Waals surface area (Å²) in [4.78, 5) is 0. The van der Waals surface area contributed by atoms with Gasteiger partial charge in [0.15, 0.2) is 0 Å². The van der Waals surface area contributed by atoms with Crippen molar-refractivity contribution in [2.75, 3.05) is 11.9 Å². The Kier molecular flexibility index (Phi) is 6.12. The highest BCUT2D eigenvalue weighted by Gasteiger charge is 2.25. The van der Waals surface area contributed by atoms with E-state index in [4.69, 9.17) is 4.42 Å². The standard InChI is InChI=1S/C13H26N4O/c1-5-9-14-10-11-16-17-12(18-11)15-13(6-2,7-3)8-4/h14H,5-10H2,1-4H3,(H,15,17). The van der Waals surface area contributed by atoms with E-state index in [-0.39, 0.29) is 5.54 Å². The molecule has 104 valence electrons. The average molecular weight is 254 g/mol. The highest BCUT2D eigenvalue weighted by atomic mass is 16.4. The molecule has 0 saturated carbocycles. The molecule has 1 heterocycles. The number of nitrogens with one attached hydrogen (secondary N) is 2. The number of hydrogen-bond donors (Lipinski definition) is 2. The number of hydrogen-bond acceptors (Lipinski definition) is 5. The van der Waals surface area contributed by atoms with Crippen LogP contribution in [-0.2, 0) is 6.54 Å². The van der Waals surface area contributed by atoms with E-state index in [0.717, 1.165) is 32.2 Å². The molecule has 0 aliphatic carbocycles. The number of nitrogens with zero attached hydrogens (tertiary/aromatic N) is 2. The first-order chi connectivity index (χ1) is 8.69. The van der Waals surface area contributed by atoms with Crippen LogP contribution in [0.15, 0.2) is 4.42 Å². The van der Waals surface area contributed by atoms with Crippen LogP contribution in [-0.4, -0.2) is 22.3 Å². The van der Waals surface area contributed by atoms with Gasteiger partial charge in [-0.25, -0.2) is 0 Å². The lowest BCUT2D eigenvalue weighted by Crippen LogP contribution is -2.36. The van der Waals surface area contributed by atoms with Gasteiger partial charge in [0.25, 0.3) is 0 Å². The van der Waals surface area contributed by atoms with Crippen LogP contribution in [0.3, 0.4) is 0 Å². The van der Waals surface area contributed by atoms with Crippen molar-refractivity contribution >= 4 is 6.01 Å². The third kappa shape index (κ3) is 3.98. The summed E-state index contributed by atoms with van der Waals surface area (Å²) in [5, 5.41) is 14.7. The third-order valence-electron chi connectivity index (χ3n) is 3.57. The van der Waals surface area contributed by atoms with E-state index in [9.17, 15) is 0 Å². The van der Waals surface area contributed by atoms with E-state index in [0.29, 0.717) is 18.5 Å². The molecule has 0 amide bonds. The minimum absolute atomic E-state index is 0.0701. The lowest BCUT2D eigenvalue weighted by molar-refractivity contribution is 0.394. The van der Waals surface area contributed by atoms with Gasteiger partial charge in [-0.2, -0.15) is 0 Å². The molecule has 0 spiro atoms. The predicted octanol–water partition coefficient (Wildman–Crippen LogP) is 2.95. The van der Waals surface area contributed by atoms with Crippen LogP contribution in [0.25, 0.3) is 0 Å². The molecule has 5 heteroatoms. The largest absolute Gasteiger partial charge is 0.407 e. The molecule has 18 heavy (non-hydrogen) atoms. The van der Waals surface area contributed by atoms with Gasteiger partial charge in [0, 0.05) is 5.54 Å². The maximum Gasteiger partial charge on any atom is 0.315 e. The Morgan fingerprint density at radius 1 is 1.06 bits per heavy atom. The van der Waals surface area contributed by atoms with Crippen molar-refractivity contribution in [3.63, 3.8) is 0 Å². The summed E-state index contributed by atoms with van der Waals surface area (Å²) in [7, 11) is 0. The molecule has 0 aromatic carbocycles. The van der Waals surface area contributed by atoms with Crippen LogP contribution >= 0.6 is 0 Å². The fraction of sp³-hybridized carbons (Fsp3) is 0.846. The van der Waals surface area contributed by atoms with Crippen molar-refractivity contribution in [2.24, 2.45) is 0 Å². The summed E-state index contributed by atoms with van der Waals surface area (Å²) in [6.07, 6.45) is 4.24. The molecule has 2 N–H and O–H groups in total. The molecular formula is C13H26N4O. The van der Waals surface area contributed by atoms with E-state index in [1.807, 2.05) is 0 Å². The smallest absolute Gasteiger partial charge is 0.315 e. The lowest BCUT2D eigenvalue weighted by atomic mass is 9.90. The molecule has 5 nitrogen and oxygen atoms in total. The van der Waals surface area contributed by atoms with E-state index in [1.54, 1.807) is 0 Å². The Balaban J connectivity index is 2.57. The first-order valence-corrected chi connectivity index (χ1v) is 7.01. The van der Waals surface area contributed by atoms with Gasteiger partial charge in [-0.15, -0.1) is 5.10 Å².